The monoisotopic (exact) mass is 593 g/mol. The van der Waals surface area contributed by atoms with Gasteiger partial charge in [-0.2, -0.15) is 13.2 Å². The number of alkyl halides is 4. The third-order valence-electron chi connectivity index (χ3n) is 6.68. The molecule has 0 radical (unpaired) electrons. The molecule has 1 aliphatic rings. The summed E-state index contributed by atoms with van der Waals surface area (Å²) in [5.74, 6) is -1.48. The Hall–Kier alpha value is -3.77. The second-order valence-electron chi connectivity index (χ2n) is 9.68. The maximum Gasteiger partial charge on any atom is 0.393 e. The topological polar surface area (TPSA) is 71.6 Å². The van der Waals surface area contributed by atoms with Crippen LogP contribution in [-0.4, -0.2) is 49.7 Å². The molecule has 1 saturated heterocycles. The van der Waals surface area contributed by atoms with Crippen molar-refractivity contribution in [2.45, 2.75) is 25.1 Å². The molecule has 4 aromatic rings. The molecule has 3 N–H and O–H groups in total. The molecule has 2 heterocycles. The summed E-state index contributed by atoms with van der Waals surface area (Å²) >= 11 is 1.02. The van der Waals surface area contributed by atoms with Crippen molar-refractivity contribution in [3.63, 3.8) is 0 Å². The van der Waals surface area contributed by atoms with Crippen molar-refractivity contribution in [1.82, 2.24) is 4.90 Å². The van der Waals surface area contributed by atoms with Crippen molar-refractivity contribution in [3.05, 3.63) is 71.3 Å². The molecular weight excluding hydrogens is 568 g/mol. The molecular formula is C29H25F6N3O2S. The Morgan fingerprint density at radius 3 is 2.54 bits per heavy atom. The summed E-state index contributed by atoms with van der Waals surface area (Å²) in [6, 6.07) is 10.2. The molecule has 216 valence electrons. The van der Waals surface area contributed by atoms with Crippen LogP contribution in [-0.2, 0) is 6.42 Å². The maximum atomic E-state index is 15.2. The van der Waals surface area contributed by atoms with E-state index in [1.54, 1.807) is 6.07 Å². The van der Waals surface area contributed by atoms with Gasteiger partial charge >= 0.3 is 6.18 Å². The van der Waals surface area contributed by atoms with E-state index in [-0.39, 0.29) is 45.0 Å². The molecule has 0 aliphatic carbocycles. The lowest BCUT2D eigenvalue weighted by molar-refractivity contribution is -0.127. The number of thiophene rings is 1. The van der Waals surface area contributed by atoms with Crippen LogP contribution in [0, 0.1) is 17.0 Å². The van der Waals surface area contributed by atoms with E-state index in [4.69, 9.17) is 20.6 Å². The highest BCUT2D eigenvalue weighted by molar-refractivity contribution is 7.23. The highest BCUT2D eigenvalue weighted by atomic mass is 32.1. The van der Waals surface area contributed by atoms with E-state index < -0.39 is 30.9 Å². The van der Waals surface area contributed by atoms with E-state index in [2.05, 4.69) is 0 Å². The molecule has 12 heteroatoms. The lowest BCUT2D eigenvalue weighted by Gasteiger charge is -2.38. The van der Waals surface area contributed by atoms with Crippen LogP contribution < -0.4 is 15.2 Å². The number of likely N-dealkylation sites (tertiary alicyclic amines) is 1. The fourth-order valence-corrected chi connectivity index (χ4v) is 6.07. The van der Waals surface area contributed by atoms with Crippen LogP contribution >= 0.6 is 11.3 Å². The van der Waals surface area contributed by atoms with Crippen LogP contribution in [0.3, 0.4) is 0 Å². The predicted octanol–water partition coefficient (Wildman–Crippen LogP) is 7.75. The number of nitrogens with one attached hydrogen (secondary N) is 1. The summed E-state index contributed by atoms with van der Waals surface area (Å²) in [5.41, 5.74) is 6.38. The Kier molecular flexibility index (Phi) is 8.14. The first kappa shape index (κ1) is 28.7. The molecule has 0 saturated carbocycles. The first-order valence-corrected chi connectivity index (χ1v) is 13.5. The molecule has 0 spiro atoms. The van der Waals surface area contributed by atoms with Gasteiger partial charge in [0.25, 0.3) is 0 Å². The van der Waals surface area contributed by atoms with Crippen molar-refractivity contribution in [3.8, 4) is 27.7 Å². The Labute approximate surface area is 235 Å². The fraction of sp³-hybridized carbons (Fsp3) is 0.276. The molecule has 0 unspecified atom stereocenters. The Bertz CT molecular complexity index is 1580. The molecule has 0 atom stereocenters. The van der Waals surface area contributed by atoms with Gasteiger partial charge in [-0.3, -0.25) is 9.29 Å². The van der Waals surface area contributed by atoms with Gasteiger partial charge in [0, 0.05) is 53.3 Å². The minimum absolute atomic E-state index is 0.0539. The summed E-state index contributed by atoms with van der Waals surface area (Å²) in [6.07, 6.45) is -4.70. The number of benzene rings is 3. The lowest BCUT2D eigenvalue weighted by atomic mass is 10.0. The van der Waals surface area contributed by atoms with Gasteiger partial charge in [0.05, 0.1) is 18.0 Å². The normalized spacial score (nSPS) is 14.3. The molecule has 0 amide bonds. The standard InChI is InChI=1S/C29H25F6N3O2S/c30-8-1-9-38-14-19(15-38)39-18-3-7-25(23(32)11-18)40-26-21-5-6-24(37)22(13-36)27(21)41-28(26)20-4-2-17(31)10-16(20)12-29(33,34)35/h2-7,10-11,13,19,36H,1,8-9,12,14-15,37H2. The third-order valence-corrected chi connectivity index (χ3v) is 7.94. The van der Waals surface area contributed by atoms with Gasteiger partial charge in [-0.05, 0) is 53.9 Å². The number of anilines is 1. The molecule has 5 rings (SSSR count). The van der Waals surface area contributed by atoms with Crippen molar-refractivity contribution < 1.29 is 35.8 Å². The number of halogens is 6. The Balaban J connectivity index is 1.51. The summed E-state index contributed by atoms with van der Waals surface area (Å²) < 4.78 is 94.1. The number of fused-ring (bicyclic) bond motifs is 1. The smallest absolute Gasteiger partial charge is 0.393 e. The number of nitrogen functional groups attached to an aromatic ring is 1. The zero-order chi connectivity index (χ0) is 29.3. The quantitative estimate of drug-likeness (QED) is 0.112. The molecule has 5 nitrogen and oxygen atoms in total. The van der Waals surface area contributed by atoms with E-state index in [0.29, 0.717) is 41.7 Å². The van der Waals surface area contributed by atoms with Gasteiger partial charge in [-0.25, -0.2) is 8.78 Å². The van der Waals surface area contributed by atoms with Crippen molar-refractivity contribution in [2.75, 3.05) is 32.0 Å². The van der Waals surface area contributed by atoms with E-state index in [1.807, 2.05) is 4.90 Å². The number of rotatable bonds is 10. The van der Waals surface area contributed by atoms with Crippen LogP contribution in [0.15, 0.2) is 48.5 Å². The van der Waals surface area contributed by atoms with Gasteiger partial charge in [0.2, 0.25) is 0 Å². The van der Waals surface area contributed by atoms with Crippen LogP contribution in [0.5, 0.6) is 17.2 Å². The summed E-state index contributed by atoms with van der Waals surface area (Å²) in [4.78, 5) is 2.23. The van der Waals surface area contributed by atoms with Crippen LogP contribution in [0.25, 0.3) is 20.5 Å². The van der Waals surface area contributed by atoms with Crippen LogP contribution in [0.2, 0.25) is 0 Å². The van der Waals surface area contributed by atoms with Gasteiger partial charge in [-0.1, -0.05) is 6.07 Å². The Morgan fingerprint density at radius 2 is 1.85 bits per heavy atom. The average molecular weight is 594 g/mol. The maximum absolute atomic E-state index is 15.2. The number of nitrogens with zero attached hydrogens (tertiary/aromatic N) is 1. The molecule has 3 aromatic carbocycles. The van der Waals surface area contributed by atoms with Gasteiger partial charge in [0.15, 0.2) is 17.3 Å². The third kappa shape index (κ3) is 6.28. The minimum Gasteiger partial charge on any atom is -0.488 e. The van der Waals surface area contributed by atoms with Crippen LogP contribution in [0.4, 0.5) is 32.0 Å². The zero-order valence-electron chi connectivity index (χ0n) is 21.5. The minimum atomic E-state index is -4.61. The van der Waals surface area contributed by atoms with E-state index in [9.17, 15) is 22.0 Å². The van der Waals surface area contributed by atoms with E-state index >= 15 is 4.39 Å². The zero-order valence-corrected chi connectivity index (χ0v) is 22.3. The highest BCUT2D eigenvalue weighted by Crippen LogP contribution is 2.50. The average Bonchev–Trinajstić information content (AvgIpc) is 3.23. The van der Waals surface area contributed by atoms with Crippen molar-refractivity contribution in [2.24, 2.45) is 0 Å². The number of hydrogen-bond donors (Lipinski definition) is 2. The second-order valence-corrected chi connectivity index (χ2v) is 10.7. The molecule has 1 aliphatic heterocycles. The molecule has 1 fully saturated rings. The summed E-state index contributed by atoms with van der Waals surface area (Å²) in [7, 11) is 0. The summed E-state index contributed by atoms with van der Waals surface area (Å²) in [6.45, 7) is 1.43. The first-order valence-electron chi connectivity index (χ1n) is 12.7. The predicted molar refractivity (Wildman–Crippen MR) is 147 cm³/mol. The van der Waals surface area contributed by atoms with Crippen molar-refractivity contribution >= 4 is 33.3 Å². The molecule has 0 bridgehead atoms. The number of hydrogen-bond acceptors (Lipinski definition) is 6. The van der Waals surface area contributed by atoms with Gasteiger partial charge in [0.1, 0.15) is 17.7 Å². The first-order chi connectivity index (χ1) is 19.6. The van der Waals surface area contributed by atoms with E-state index in [1.165, 1.54) is 24.3 Å². The number of nitrogens with two attached hydrogens (primary N) is 1. The number of ether oxygens (including phenoxy) is 2. The lowest BCUT2D eigenvalue weighted by Crippen LogP contribution is -2.53. The largest absolute Gasteiger partial charge is 0.488 e. The Morgan fingerprint density at radius 1 is 1.07 bits per heavy atom. The van der Waals surface area contributed by atoms with Crippen LogP contribution in [0.1, 0.15) is 17.5 Å². The van der Waals surface area contributed by atoms with Crippen molar-refractivity contribution in [1.29, 1.82) is 5.41 Å². The fourth-order valence-electron chi connectivity index (χ4n) is 4.75. The molecule has 41 heavy (non-hydrogen) atoms. The van der Waals surface area contributed by atoms with Gasteiger partial charge < -0.3 is 20.6 Å². The second kappa shape index (κ2) is 11.6. The molecule has 1 aromatic heterocycles. The van der Waals surface area contributed by atoms with Gasteiger partial charge in [-0.15, -0.1) is 11.3 Å². The summed E-state index contributed by atoms with van der Waals surface area (Å²) in [5, 5.41) is 8.21. The SMILES string of the molecule is N=Cc1c(N)ccc2c(Oc3ccc(OC4CN(CCCF)C4)cc3F)c(-c3ccc(F)cc3CC(F)(F)F)sc12. The van der Waals surface area contributed by atoms with E-state index in [0.717, 1.165) is 35.8 Å². The highest BCUT2D eigenvalue weighted by Gasteiger charge is 2.31.